The standard InChI is InChI=1S/C19H17ClN2OS/c20-19-22-12-16(24-19)11-21-14-6-8-15(9-7-14)23-18-10-5-13-3-1-2-4-17(13)18/h1-4,6-9,12,18,21H,5,10-11H2. The summed E-state index contributed by atoms with van der Waals surface area (Å²) < 4.78 is 6.75. The van der Waals surface area contributed by atoms with Gasteiger partial charge in [0.1, 0.15) is 11.9 Å². The summed E-state index contributed by atoms with van der Waals surface area (Å²) in [6, 6.07) is 16.7. The van der Waals surface area contributed by atoms with E-state index in [9.17, 15) is 0 Å². The molecule has 4 rings (SSSR count). The third-order valence-corrected chi connectivity index (χ3v) is 5.32. The zero-order valence-corrected chi connectivity index (χ0v) is 14.6. The van der Waals surface area contributed by atoms with Gasteiger partial charge in [-0.3, -0.25) is 0 Å². The molecule has 1 aliphatic rings. The number of fused-ring (bicyclic) bond motifs is 1. The van der Waals surface area contributed by atoms with Gasteiger partial charge >= 0.3 is 0 Å². The Bertz CT molecular complexity index is 831. The molecule has 1 heterocycles. The lowest BCUT2D eigenvalue weighted by atomic mass is 10.1. The summed E-state index contributed by atoms with van der Waals surface area (Å²) >= 11 is 7.34. The van der Waals surface area contributed by atoms with Crippen molar-refractivity contribution in [2.75, 3.05) is 5.32 Å². The number of thiazole rings is 1. The van der Waals surface area contributed by atoms with Crippen molar-refractivity contribution in [1.82, 2.24) is 4.98 Å². The van der Waals surface area contributed by atoms with E-state index in [1.165, 1.54) is 22.5 Å². The number of halogens is 1. The van der Waals surface area contributed by atoms with Crippen molar-refractivity contribution in [2.45, 2.75) is 25.5 Å². The van der Waals surface area contributed by atoms with Gasteiger partial charge in [-0.1, -0.05) is 35.9 Å². The van der Waals surface area contributed by atoms with Gasteiger partial charge in [0, 0.05) is 16.8 Å². The Morgan fingerprint density at radius 3 is 2.79 bits per heavy atom. The highest BCUT2D eigenvalue weighted by Gasteiger charge is 2.23. The molecule has 5 heteroatoms. The first kappa shape index (κ1) is 15.5. The summed E-state index contributed by atoms with van der Waals surface area (Å²) in [5.41, 5.74) is 3.78. The fraction of sp³-hybridized carbons (Fsp3) is 0.211. The van der Waals surface area contributed by atoms with Crippen molar-refractivity contribution in [2.24, 2.45) is 0 Å². The van der Waals surface area contributed by atoms with Crippen molar-refractivity contribution in [3.63, 3.8) is 0 Å². The minimum absolute atomic E-state index is 0.166. The molecular formula is C19H17ClN2OS. The van der Waals surface area contributed by atoms with Crippen LogP contribution in [0.5, 0.6) is 5.75 Å². The number of anilines is 1. The molecule has 0 fully saturated rings. The Labute approximate surface area is 150 Å². The molecule has 0 amide bonds. The second kappa shape index (κ2) is 6.83. The van der Waals surface area contributed by atoms with Gasteiger partial charge in [-0.05, 0) is 48.2 Å². The monoisotopic (exact) mass is 356 g/mol. The van der Waals surface area contributed by atoms with Gasteiger partial charge in [-0.25, -0.2) is 4.98 Å². The second-order valence-corrected chi connectivity index (χ2v) is 7.50. The first-order valence-electron chi connectivity index (χ1n) is 7.96. The number of hydrogen-bond acceptors (Lipinski definition) is 4. The number of nitrogens with zero attached hydrogens (tertiary/aromatic N) is 1. The molecule has 1 aliphatic carbocycles. The van der Waals surface area contributed by atoms with Gasteiger partial charge < -0.3 is 10.1 Å². The van der Waals surface area contributed by atoms with Crippen LogP contribution in [0.15, 0.2) is 54.7 Å². The first-order chi connectivity index (χ1) is 11.8. The number of nitrogens with one attached hydrogen (secondary N) is 1. The number of benzene rings is 2. The van der Waals surface area contributed by atoms with Crippen LogP contribution in [0.1, 0.15) is 28.5 Å². The SMILES string of the molecule is Clc1ncc(CNc2ccc(OC3CCc4ccccc43)cc2)s1. The Morgan fingerprint density at radius 1 is 1.17 bits per heavy atom. The van der Waals surface area contributed by atoms with Crippen LogP contribution in [-0.4, -0.2) is 4.98 Å². The number of aromatic nitrogens is 1. The third-order valence-electron chi connectivity index (χ3n) is 4.20. The summed E-state index contributed by atoms with van der Waals surface area (Å²) in [6.07, 6.45) is 4.11. The lowest BCUT2D eigenvalue weighted by Crippen LogP contribution is -2.03. The Morgan fingerprint density at radius 2 is 2.00 bits per heavy atom. The van der Waals surface area contributed by atoms with Crippen LogP contribution in [0, 0.1) is 0 Å². The molecule has 1 N–H and O–H groups in total. The van der Waals surface area contributed by atoms with Crippen molar-refractivity contribution >= 4 is 28.6 Å². The van der Waals surface area contributed by atoms with E-state index in [1.54, 1.807) is 6.20 Å². The molecule has 0 saturated carbocycles. The topological polar surface area (TPSA) is 34.2 Å². The molecule has 0 spiro atoms. The van der Waals surface area contributed by atoms with E-state index in [2.05, 4.69) is 34.6 Å². The van der Waals surface area contributed by atoms with E-state index in [0.29, 0.717) is 4.47 Å². The average Bonchev–Trinajstić information content (AvgIpc) is 3.21. The van der Waals surface area contributed by atoms with E-state index >= 15 is 0 Å². The molecule has 3 nitrogen and oxygen atoms in total. The maximum absolute atomic E-state index is 6.17. The van der Waals surface area contributed by atoms with Gasteiger partial charge in [0.25, 0.3) is 0 Å². The number of hydrogen-bond donors (Lipinski definition) is 1. The Balaban J connectivity index is 1.38. The molecule has 2 aromatic carbocycles. The van der Waals surface area contributed by atoms with E-state index in [4.69, 9.17) is 16.3 Å². The van der Waals surface area contributed by atoms with E-state index in [-0.39, 0.29) is 6.10 Å². The van der Waals surface area contributed by atoms with E-state index < -0.39 is 0 Å². The van der Waals surface area contributed by atoms with Crippen LogP contribution in [-0.2, 0) is 13.0 Å². The predicted molar refractivity (Wildman–Crippen MR) is 99.0 cm³/mol. The molecule has 1 aromatic heterocycles. The smallest absolute Gasteiger partial charge is 0.183 e. The quantitative estimate of drug-likeness (QED) is 0.657. The van der Waals surface area contributed by atoms with Crippen molar-refractivity contribution in [3.05, 3.63) is 75.2 Å². The van der Waals surface area contributed by atoms with Gasteiger partial charge in [-0.15, -0.1) is 11.3 Å². The lowest BCUT2D eigenvalue weighted by molar-refractivity contribution is 0.207. The molecule has 1 unspecified atom stereocenters. The minimum atomic E-state index is 0.166. The van der Waals surface area contributed by atoms with Gasteiger partial charge in [0.2, 0.25) is 0 Å². The van der Waals surface area contributed by atoms with Gasteiger partial charge in [-0.2, -0.15) is 0 Å². The highest BCUT2D eigenvalue weighted by molar-refractivity contribution is 7.15. The van der Waals surface area contributed by atoms with E-state index in [0.717, 1.165) is 35.7 Å². The largest absolute Gasteiger partial charge is 0.486 e. The summed E-state index contributed by atoms with van der Waals surface area (Å²) in [5, 5.41) is 3.37. The molecule has 122 valence electrons. The maximum Gasteiger partial charge on any atom is 0.183 e. The molecule has 3 aromatic rings. The van der Waals surface area contributed by atoms with Crippen molar-refractivity contribution in [1.29, 1.82) is 0 Å². The Hall–Kier alpha value is -2.04. The van der Waals surface area contributed by atoms with Crippen LogP contribution in [0.2, 0.25) is 4.47 Å². The lowest BCUT2D eigenvalue weighted by Gasteiger charge is -2.15. The van der Waals surface area contributed by atoms with Gasteiger partial charge in [0.05, 0.1) is 6.54 Å². The molecule has 0 bridgehead atoms. The summed E-state index contributed by atoms with van der Waals surface area (Å²) in [4.78, 5) is 5.16. The van der Waals surface area contributed by atoms with Crippen LogP contribution in [0.3, 0.4) is 0 Å². The number of rotatable bonds is 5. The fourth-order valence-corrected chi connectivity index (χ4v) is 3.93. The summed E-state index contributed by atoms with van der Waals surface area (Å²) in [7, 11) is 0. The van der Waals surface area contributed by atoms with E-state index in [1.807, 2.05) is 24.3 Å². The normalized spacial score (nSPS) is 16.0. The molecular weight excluding hydrogens is 340 g/mol. The number of aryl methyl sites for hydroxylation is 1. The van der Waals surface area contributed by atoms with Crippen molar-refractivity contribution in [3.8, 4) is 5.75 Å². The average molecular weight is 357 g/mol. The zero-order valence-electron chi connectivity index (χ0n) is 13.0. The molecule has 0 radical (unpaired) electrons. The highest BCUT2D eigenvalue weighted by Crippen LogP contribution is 2.35. The second-order valence-electron chi connectivity index (χ2n) is 5.80. The zero-order chi connectivity index (χ0) is 16.4. The molecule has 0 aliphatic heterocycles. The molecule has 24 heavy (non-hydrogen) atoms. The maximum atomic E-state index is 6.17. The summed E-state index contributed by atoms with van der Waals surface area (Å²) in [5.74, 6) is 0.906. The van der Waals surface area contributed by atoms with Crippen LogP contribution >= 0.6 is 22.9 Å². The predicted octanol–water partition coefficient (Wildman–Crippen LogP) is 5.47. The first-order valence-corrected chi connectivity index (χ1v) is 9.16. The Kier molecular flexibility index (Phi) is 4.41. The van der Waals surface area contributed by atoms with Crippen molar-refractivity contribution < 1.29 is 4.74 Å². The fourth-order valence-electron chi connectivity index (χ4n) is 3.01. The van der Waals surface area contributed by atoms with Crippen LogP contribution in [0.4, 0.5) is 5.69 Å². The van der Waals surface area contributed by atoms with Gasteiger partial charge in [0.15, 0.2) is 4.47 Å². The molecule has 1 atom stereocenters. The highest BCUT2D eigenvalue weighted by atomic mass is 35.5. The summed E-state index contributed by atoms with van der Waals surface area (Å²) in [6.45, 7) is 0.723. The number of ether oxygens (including phenoxy) is 1. The van der Waals surface area contributed by atoms with Crippen LogP contribution < -0.4 is 10.1 Å². The van der Waals surface area contributed by atoms with Crippen LogP contribution in [0.25, 0.3) is 0 Å². The minimum Gasteiger partial charge on any atom is -0.486 e. The molecule has 0 saturated heterocycles. The third kappa shape index (κ3) is 3.40.